The van der Waals surface area contributed by atoms with Crippen LogP contribution in [0.15, 0.2) is 39.5 Å². The first-order valence-corrected chi connectivity index (χ1v) is 4.52. The Labute approximate surface area is 83.7 Å². The summed E-state index contributed by atoms with van der Waals surface area (Å²) >= 11 is 3.36. The molecule has 2 rings (SSSR count). The van der Waals surface area contributed by atoms with Crippen LogP contribution >= 0.6 is 15.9 Å². The maximum absolute atomic E-state index is 5.69. The number of hydrogen-bond donors (Lipinski definition) is 1. The van der Waals surface area contributed by atoms with Crippen molar-refractivity contribution < 1.29 is 4.42 Å². The first-order chi connectivity index (χ1) is 6.29. The van der Waals surface area contributed by atoms with E-state index in [0.29, 0.717) is 11.6 Å². The second-order valence-electron chi connectivity index (χ2n) is 2.53. The van der Waals surface area contributed by atoms with Gasteiger partial charge in [-0.3, -0.25) is 0 Å². The van der Waals surface area contributed by atoms with Gasteiger partial charge in [-0.05, 0) is 34.1 Å². The summed E-state index contributed by atoms with van der Waals surface area (Å²) in [6, 6.07) is 5.51. The third kappa shape index (κ3) is 1.45. The number of anilines is 1. The van der Waals surface area contributed by atoms with Crippen molar-refractivity contribution in [2.24, 2.45) is 0 Å². The quantitative estimate of drug-likeness (QED) is 0.832. The molecule has 13 heavy (non-hydrogen) atoms. The molecule has 0 atom stereocenters. The molecule has 66 valence electrons. The van der Waals surface area contributed by atoms with Gasteiger partial charge in [0.2, 0.25) is 0 Å². The van der Waals surface area contributed by atoms with E-state index in [-0.39, 0.29) is 0 Å². The second-order valence-corrected chi connectivity index (χ2v) is 3.39. The first kappa shape index (κ1) is 8.31. The number of halogens is 1. The lowest BCUT2D eigenvalue weighted by atomic mass is 10.2. The van der Waals surface area contributed by atoms with Crippen molar-refractivity contribution in [2.75, 3.05) is 5.73 Å². The summed E-state index contributed by atoms with van der Waals surface area (Å²) in [5.74, 6) is 1.18. The fraction of sp³-hybridized carbons (Fsp3) is 0. The first-order valence-electron chi connectivity index (χ1n) is 3.73. The topological polar surface area (TPSA) is 52.0 Å². The van der Waals surface area contributed by atoms with Crippen LogP contribution < -0.4 is 5.73 Å². The smallest absolute Gasteiger partial charge is 0.151 e. The fourth-order valence-electron chi connectivity index (χ4n) is 1.10. The molecule has 0 fully saturated rings. The van der Waals surface area contributed by atoms with Gasteiger partial charge in [-0.25, -0.2) is 4.98 Å². The molecule has 0 amide bonds. The lowest BCUT2D eigenvalue weighted by molar-refractivity contribution is 0.581. The van der Waals surface area contributed by atoms with E-state index in [1.807, 2.05) is 18.2 Å². The standard InChI is InChI=1S/C9H7BrN2O/c10-7-3-5-13-8(7)6-2-1-4-12-9(6)11/h1-5H,(H2,11,12). The Balaban J connectivity index is 2.59. The van der Waals surface area contributed by atoms with Crippen molar-refractivity contribution in [1.29, 1.82) is 0 Å². The van der Waals surface area contributed by atoms with E-state index in [1.165, 1.54) is 0 Å². The van der Waals surface area contributed by atoms with E-state index in [4.69, 9.17) is 10.2 Å². The lowest BCUT2D eigenvalue weighted by Gasteiger charge is -2.00. The molecule has 2 aromatic heterocycles. The Morgan fingerprint density at radius 3 is 2.85 bits per heavy atom. The average Bonchev–Trinajstić information content (AvgIpc) is 2.52. The van der Waals surface area contributed by atoms with Crippen LogP contribution in [0, 0.1) is 0 Å². The molecule has 2 aromatic rings. The molecule has 0 aliphatic carbocycles. The van der Waals surface area contributed by atoms with Crippen molar-refractivity contribution in [1.82, 2.24) is 4.98 Å². The minimum absolute atomic E-state index is 0.471. The van der Waals surface area contributed by atoms with Gasteiger partial charge in [-0.2, -0.15) is 0 Å². The molecular formula is C9H7BrN2O. The van der Waals surface area contributed by atoms with Gasteiger partial charge in [0.05, 0.1) is 16.3 Å². The highest BCUT2D eigenvalue weighted by atomic mass is 79.9. The maximum Gasteiger partial charge on any atom is 0.151 e. The van der Waals surface area contributed by atoms with Crippen LogP contribution in [0.2, 0.25) is 0 Å². The Kier molecular flexibility index (Phi) is 2.06. The minimum Gasteiger partial charge on any atom is -0.463 e. The Morgan fingerprint density at radius 1 is 1.38 bits per heavy atom. The summed E-state index contributed by atoms with van der Waals surface area (Å²) in [5, 5.41) is 0. The monoisotopic (exact) mass is 238 g/mol. The van der Waals surface area contributed by atoms with Gasteiger partial charge in [-0.1, -0.05) is 0 Å². The van der Waals surface area contributed by atoms with Crippen LogP contribution in [0.3, 0.4) is 0 Å². The van der Waals surface area contributed by atoms with Crippen LogP contribution in [-0.4, -0.2) is 4.98 Å². The highest BCUT2D eigenvalue weighted by molar-refractivity contribution is 9.10. The average molecular weight is 239 g/mol. The Bertz CT molecular complexity index is 425. The van der Waals surface area contributed by atoms with Gasteiger partial charge >= 0.3 is 0 Å². The van der Waals surface area contributed by atoms with Crippen molar-refractivity contribution in [3.8, 4) is 11.3 Å². The zero-order chi connectivity index (χ0) is 9.26. The molecule has 3 nitrogen and oxygen atoms in total. The normalized spacial score (nSPS) is 10.2. The van der Waals surface area contributed by atoms with Crippen LogP contribution in [-0.2, 0) is 0 Å². The van der Waals surface area contributed by atoms with E-state index < -0.39 is 0 Å². The molecule has 4 heteroatoms. The number of nitrogen functional groups attached to an aromatic ring is 1. The van der Waals surface area contributed by atoms with Crippen LogP contribution in [0.5, 0.6) is 0 Å². The summed E-state index contributed by atoms with van der Waals surface area (Å²) in [5.41, 5.74) is 6.49. The van der Waals surface area contributed by atoms with Crippen molar-refractivity contribution >= 4 is 21.7 Å². The number of hydrogen-bond acceptors (Lipinski definition) is 3. The summed E-state index contributed by atoms with van der Waals surface area (Å²) in [7, 11) is 0. The van der Waals surface area contributed by atoms with Gasteiger partial charge < -0.3 is 10.2 Å². The van der Waals surface area contributed by atoms with Crippen LogP contribution in [0.1, 0.15) is 0 Å². The van der Waals surface area contributed by atoms with Crippen molar-refractivity contribution in [2.45, 2.75) is 0 Å². The number of nitrogens with two attached hydrogens (primary N) is 1. The third-order valence-electron chi connectivity index (χ3n) is 1.70. The van der Waals surface area contributed by atoms with E-state index >= 15 is 0 Å². The summed E-state index contributed by atoms with van der Waals surface area (Å²) in [4.78, 5) is 3.97. The number of furan rings is 1. The number of pyridine rings is 1. The van der Waals surface area contributed by atoms with Gasteiger partial charge in [0, 0.05) is 6.20 Å². The van der Waals surface area contributed by atoms with Crippen LogP contribution in [0.25, 0.3) is 11.3 Å². The van der Waals surface area contributed by atoms with Gasteiger partial charge in [-0.15, -0.1) is 0 Å². The summed E-state index contributed by atoms with van der Waals surface area (Å²) in [6.45, 7) is 0. The predicted molar refractivity (Wildman–Crippen MR) is 54.1 cm³/mol. The predicted octanol–water partition coefficient (Wildman–Crippen LogP) is 2.69. The largest absolute Gasteiger partial charge is 0.463 e. The lowest BCUT2D eigenvalue weighted by Crippen LogP contribution is -1.92. The van der Waals surface area contributed by atoms with Gasteiger partial charge in [0.15, 0.2) is 5.76 Å². The number of rotatable bonds is 1. The maximum atomic E-state index is 5.69. The van der Waals surface area contributed by atoms with E-state index in [0.717, 1.165) is 10.0 Å². The summed E-state index contributed by atoms with van der Waals surface area (Å²) in [6.07, 6.45) is 3.25. The SMILES string of the molecule is Nc1ncccc1-c1occc1Br. The van der Waals surface area contributed by atoms with Crippen molar-refractivity contribution in [3.63, 3.8) is 0 Å². The molecule has 2 N–H and O–H groups in total. The van der Waals surface area contributed by atoms with E-state index in [9.17, 15) is 0 Å². The zero-order valence-electron chi connectivity index (χ0n) is 6.70. The fourth-order valence-corrected chi connectivity index (χ4v) is 1.51. The third-order valence-corrected chi connectivity index (χ3v) is 2.32. The van der Waals surface area contributed by atoms with Crippen molar-refractivity contribution in [3.05, 3.63) is 35.1 Å². The van der Waals surface area contributed by atoms with E-state index in [2.05, 4.69) is 20.9 Å². The highest BCUT2D eigenvalue weighted by Crippen LogP contribution is 2.31. The minimum atomic E-state index is 0.471. The molecule has 0 aromatic carbocycles. The highest BCUT2D eigenvalue weighted by Gasteiger charge is 2.09. The van der Waals surface area contributed by atoms with Gasteiger partial charge in [0.1, 0.15) is 5.82 Å². The Hall–Kier alpha value is -1.29. The molecule has 0 spiro atoms. The van der Waals surface area contributed by atoms with Crippen LogP contribution in [0.4, 0.5) is 5.82 Å². The molecule has 0 saturated heterocycles. The molecule has 0 radical (unpaired) electrons. The molecule has 0 aliphatic rings. The van der Waals surface area contributed by atoms with Gasteiger partial charge in [0.25, 0.3) is 0 Å². The number of aromatic nitrogens is 1. The molecule has 0 bridgehead atoms. The zero-order valence-corrected chi connectivity index (χ0v) is 8.28. The second kappa shape index (κ2) is 3.22. The number of nitrogens with zero attached hydrogens (tertiary/aromatic N) is 1. The molecular weight excluding hydrogens is 232 g/mol. The Morgan fingerprint density at radius 2 is 2.23 bits per heavy atom. The summed E-state index contributed by atoms with van der Waals surface area (Å²) < 4.78 is 6.15. The molecule has 2 heterocycles. The van der Waals surface area contributed by atoms with E-state index in [1.54, 1.807) is 12.5 Å². The molecule has 0 aliphatic heterocycles. The molecule has 0 saturated carbocycles. The molecule has 0 unspecified atom stereocenters.